The molecule has 0 bridgehead atoms. The number of ether oxygens (including phenoxy) is 1. The monoisotopic (exact) mass is 525 g/mol. The van der Waals surface area contributed by atoms with E-state index in [2.05, 4.69) is 17.1 Å². The first-order chi connectivity index (χ1) is 17.3. The molecule has 188 valence electrons. The van der Waals surface area contributed by atoms with E-state index < -0.39 is 6.10 Å². The largest absolute Gasteiger partial charge is 0.479 e. The summed E-state index contributed by atoms with van der Waals surface area (Å²) in [4.78, 5) is 29.6. The van der Waals surface area contributed by atoms with Crippen molar-refractivity contribution in [1.82, 2.24) is 4.90 Å². The van der Waals surface area contributed by atoms with Crippen molar-refractivity contribution in [2.45, 2.75) is 26.4 Å². The molecule has 0 spiro atoms. The minimum absolute atomic E-state index is 0.0755. The molecule has 3 aromatic carbocycles. The number of benzene rings is 3. The van der Waals surface area contributed by atoms with Crippen LogP contribution in [0.5, 0.6) is 5.75 Å². The molecule has 1 N–H and O–H groups in total. The van der Waals surface area contributed by atoms with Crippen molar-refractivity contribution in [2.75, 3.05) is 36.4 Å². The number of amides is 2. The predicted octanol–water partition coefficient (Wildman–Crippen LogP) is 5.92. The summed E-state index contributed by atoms with van der Waals surface area (Å²) in [6, 6.07) is 20.4. The Balaban J connectivity index is 1.28. The number of hydrogen-bond acceptors (Lipinski definition) is 4. The molecule has 3 aromatic rings. The van der Waals surface area contributed by atoms with Crippen LogP contribution in [-0.2, 0) is 11.2 Å². The van der Waals surface area contributed by atoms with Crippen LogP contribution < -0.4 is 15.0 Å². The lowest BCUT2D eigenvalue weighted by molar-refractivity contribution is -0.122. The summed E-state index contributed by atoms with van der Waals surface area (Å²) in [6.45, 7) is 6.58. The standard InChI is InChI=1S/C28H29Cl2N3O3/c1-3-20-4-6-21(7-5-20)28(35)33-16-14-32(15-17-33)24-11-9-23(10-12-24)31-27(34)19(2)36-26-13-8-22(29)18-25(26)30/h4-13,18-19H,3,14-17H2,1-2H3,(H,31,34)/t19-/m1/s1. The Bertz CT molecular complexity index is 1210. The predicted molar refractivity (Wildman–Crippen MR) is 146 cm³/mol. The zero-order valence-electron chi connectivity index (χ0n) is 20.3. The Hall–Kier alpha value is -3.22. The minimum Gasteiger partial charge on any atom is -0.479 e. The molecule has 8 heteroatoms. The summed E-state index contributed by atoms with van der Waals surface area (Å²) in [7, 11) is 0. The van der Waals surface area contributed by atoms with Gasteiger partial charge in [0.1, 0.15) is 5.75 Å². The molecule has 2 amide bonds. The fourth-order valence-corrected chi connectivity index (χ4v) is 4.50. The van der Waals surface area contributed by atoms with Crippen LogP contribution in [0.3, 0.4) is 0 Å². The average molecular weight is 526 g/mol. The second kappa shape index (κ2) is 11.7. The Morgan fingerprint density at radius 1 is 0.944 bits per heavy atom. The Labute approximate surface area is 221 Å². The van der Waals surface area contributed by atoms with Crippen LogP contribution in [0.2, 0.25) is 10.0 Å². The van der Waals surface area contributed by atoms with E-state index in [1.807, 2.05) is 53.4 Å². The van der Waals surface area contributed by atoms with E-state index in [9.17, 15) is 9.59 Å². The number of nitrogens with one attached hydrogen (secondary N) is 1. The maximum absolute atomic E-state index is 12.8. The van der Waals surface area contributed by atoms with Gasteiger partial charge in [-0.3, -0.25) is 9.59 Å². The molecular formula is C28H29Cl2N3O3. The van der Waals surface area contributed by atoms with Crippen LogP contribution in [0.4, 0.5) is 11.4 Å². The summed E-state index contributed by atoms with van der Waals surface area (Å²) in [5.74, 6) is 0.189. The van der Waals surface area contributed by atoms with Gasteiger partial charge in [0.25, 0.3) is 11.8 Å². The highest BCUT2D eigenvalue weighted by Crippen LogP contribution is 2.28. The third-order valence-corrected chi connectivity index (χ3v) is 6.77. The van der Waals surface area contributed by atoms with E-state index in [1.54, 1.807) is 25.1 Å². The van der Waals surface area contributed by atoms with Crippen molar-refractivity contribution in [2.24, 2.45) is 0 Å². The van der Waals surface area contributed by atoms with Crippen molar-refractivity contribution in [3.8, 4) is 5.75 Å². The van der Waals surface area contributed by atoms with Crippen LogP contribution in [0.1, 0.15) is 29.8 Å². The molecule has 4 rings (SSSR count). The van der Waals surface area contributed by atoms with Crippen molar-refractivity contribution >= 4 is 46.4 Å². The quantitative estimate of drug-likeness (QED) is 0.415. The number of halogens is 2. The molecule has 1 heterocycles. The second-order valence-electron chi connectivity index (χ2n) is 8.70. The van der Waals surface area contributed by atoms with Crippen molar-refractivity contribution in [1.29, 1.82) is 0 Å². The zero-order valence-corrected chi connectivity index (χ0v) is 21.9. The molecule has 1 fully saturated rings. The lowest BCUT2D eigenvalue weighted by Gasteiger charge is -2.36. The lowest BCUT2D eigenvalue weighted by atomic mass is 10.1. The van der Waals surface area contributed by atoms with E-state index in [1.165, 1.54) is 5.56 Å². The van der Waals surface area contributed by atoms with Gasteiger partial charge in [-0.25, -0.2) is 0 Å². The third kappa shape index (κ3) is 6.31. The summed E-state index contributed by atoms with van der Waals surface area (Å²) in [5, 5.41) is 3.72. The van der Waals surface area contributed by atoms with E-state index in [4.69, 9.17) is 27.9 Å². The van der Waals surface area contributed by atoms with E-state index in [0.717, 1.165) is 30.8 Å². The molecule has 0 radical (unpaired) electrons. The van der Waals surface area contributed by atoms with Crippen molar-refractivity contribution < 1.29 is 14.3 Å². The van der Waals surface area contributed by atoms with Crippen LogP contribution in [-0.4, -0.2) is 49.0 Å². The summed E-state index contributed by atoms with van der Waals surface area (Å²) >= 11 is 12.0. The fraction of sp³-hybridized carbons (Fsp3) is 0.286. The van der Waals surface area contributed by atoms with Crippen LogP contribution in [0.25, 0.3) is 0 Å². The maximum atomic E-state index is 12.8. The van der Waals surface area contributed by atoms with E-state index in [0.29, 0.717) is 34.6 Å². The van der Waals surface area contributed by atoms with Gasteiger partial charge in [0, 0.05) is 48.1 Å². The van der Waals surface area contributed by atoms with Crippen LogP contribution in [0, 0.1) is 0 Å². The number of nitrogens with zero attached hydrogens (tertiary/aromatic N) is 2. The molecule has 0 aromatic heterocycles. The highest BCUT2D eigenvalue weighted by Gasteiger charge is 2.22. The minimum atomic E-state index is -0.743. The molecular weight excluding hydrogens is 497 g/mol. The van der Waals surface area contributed by atoms with Gasteiger partial charge >= 0.3 is 0 Å². The summed E-state index contributed by atoms with van der Waals surface area (Å²) < 4.78 is 5.68. The number of aryl methyl sites for hydroxylation is 1. The van der Waals surface area contributed by atoms with Gasteiger partial charge in [-0.2, -0.15) is 0 Å². The SMILES string of the molecule is CCc1ccc(C(=O)N2CCN(c3ccc(NC(=O)[C@@H](C)Oc4ccc(Cl)cc4Cl)cc3)CC2)cc1. The van der Waals surface area contributed by atoms with Crippen molar-refractivity contribution in [3.63, 3.8) is 0 Å². The van der Waals surface area contributed by atoms with Gasteiger partial charge in [-0.05, 0) is 73.5 Å². The second-order valence-corrected chi connectivity index (χ2v) is 9.54. The summed E-state index contributed by atoms with van der Waals surface area (Å²) in [6.07, 6.45) is 0.216. The molecule has 0 aliphatic carbocycles. The van der Waals surface area contributed by atoms with Gasteiger partial charge in [0.15, 0.2) is 6.10 Å². The van der Waals surface area contributed by atoms with Crippen molar-refractivity contribution in [3.05, 3.63) is 87.9 Å². The fourth-order valence-electron chi connectivity index (χ4n) is 4.05. The summed E-state index contributed by atoms with van der Waals surface area (Å²) in [5.41, 5.74) is 3.68. The first-order valence-corrected chi connectivity index (χ1v) is 12.8. The molecule has 6 nitrogen and oxygen atoms in total. The smallest absolute Gasteiger partial charge is 0.265 e. The highest BCUT2D eigenvalue weighted by molar-refractivity contribution is 6.35. The maximum Gasteiger partial charge on any atom is 0.265 e. The Morgan fingerprint density at radius 2 is 1.61 bits per heavy atom. The molecule has 36 heavy (non-hydrogen) atoms. The lowest BCUT2D eigenvalue weighted by Crippen LogP contribution is -2.48. The first kappa shape index (κ1) is 25.9. The third-order valence-electron chi connectivity index (χ3n) is 6.24. The number of anilines is 2. The van der Waals surface area contributed by atoms with E-state index in [-0.39, 0.29) is 11.8 Å². The number of hydrogen-bond donors (Lipinski definition) is 1. The normalized spacial score (nSPS) is 14.3. The molecule has 0 saturated carbocycles. The van der Waals surface area contributed by atoms with Gasteiger partial charge in [-0.1, -0.05) is 42.3 Å². The number of carbonyl (C=O) groups excluding carboxylic acids is 2. The van der Waals surface area contributed by atoms with Crippen LogP contribution >= 0.6 is 23.2 Å². The first-order valence-electron chi connectivity index (χ1n) is 12.0. The Morgan fingerprint density at radius 3 is 2.22 bits per heavy atom. The number of piperazine rings is 1. The number of carbonyl (C=O) groups is 2. The van der Waals surface area contributed by atoms with Gasteiger partial charge in [-0.15, -0.1) is 0 Å². The number of rotatable bonds is 7. The highest BCUT2D eigenvalue weighted by atomic mass is 35.5. The van der Waals surface area contributed by atoms with Gasteiger partial charge in [0.2, 0.25) is 0 Å². The van der Waals surface area contributed by atoms with E-state index >= 15 is 0 Å². The average Bonchev–Trinajstić information content (AvgIpc) is 2.90. The van der Waals surface area contributed by atoms with Gasteiger partial charge in [0.05, 0.1) is 5.02 Å². The van der Waals surface area contributed by atoms with Crippen LogP contribution in [0.15, 0.2) is 66.7 Å². The molecule has 1 saturated heterocycles. The topological polar surface area (TPSA) is 61.9 Å². The van der Waals surface area contributed by atoms with Gasteiger partial charge < -0.3 is 19.9 Å². The Kier molecular flexibility index (Phi) is 8.39. The molecule has 1 aliphatic heterocycles. The zero-order chi connectivity index (χ0) is 25.7. The molecule has 1 aliphatic rings. The molecule has 1 atom stereocenters. The molecule has 0 unspecified atom stereocenters.